The minimum absolute atomic E-state index is 0.558. The van der Waals surface area contributed by atoms with E-state index in [0.29, 0.717) is 5.88 Å². The molecule has 0 N–H and O–H groups in total. The van der Waals surface area contributed by atoms with Crippen LogP contribution in [0.25, 0.3) is 10.7 Å². The minimum atomic E-state index is 0.558. The van der Waals surface area contributed by atoms with Gasteiger partial charge in [-0.1, -0.05) is 0 Å². The number of nitrogens with zero attached hydrogens (tertiary/aromatic N) is 3. The molecule has 0 saturated heterocycles. The Hall–Kier alpha value is -1.49. The van der Waals surface area contributed by atoms with Gasteiger partial charge < -0.3 is 4.74 Å². The first-order valence-corrected chi connectivity index (χ1v) is 4.96. The van der Waals surface area contributed by atoms with Crippen molar-refractivity contribution in [3.8, 4) is 16.6 Å². The van der Waals surface area contributed by atoms with Crippen LogP contribution in [0.15, 0.2) is 17.8 Å². The molecule has 4 nitrogen and oxygen atoms in total. The van der Waals surface area contributed by atoms with Gasteiger partial charge in [-0.15, -0.1) is 11.3 Å². The molecule has 5 heteroatoms. The molecule has 2 aromatic rings. The summed E-state index contributed by atoms with van der Waals surface area (Å²) in [6, 6.07) is 1.78. The van der Waals surface area contributed by atoms with Crippen LogP contribution in [0.5, 0.6) is 5.88 Å². The quantitative estimate of drug-likeness (QED) is 0.754. The third kappa shape index (κ3) is 1.72. The van der Waals surface area contributed by atoms with Crippen molar-refractivity contribution in [1.82, 2.24) is 15.0 Å². The molecule has 0 atom stereocenters. The summed E-state index contributed by atoms with van der Waals surface area (Å²) in [6.07, 6.45) is 1.48. The van der Waals surface area contributed by atoms with Crippen LogP contribution in [-0.2, 0) is 0 Å². The maximum absolute atomic E-state index is 5.01. The third-order valence-electron chi connectivity index (χ3n) is 1.69. The number of ether oxygens (including phenoxy) is 1. The number of rotatable bonds is 2. The van der Waals surface area contributed by atoms with Crippen LogP contribution < -0.4 is 4.74 Å². The normalized spacial score (nSPS) is 10.1. The number of aromatic nitrogens is 3. The second kappa shape index (κ2) is 3.71. The van der Waals surface area contributed by atoms with E-state index in [0.717, 1.165) is 16.4 Å². The van der Waals surface area contributed by atoms with E-state index in [-0.39, 0.29) is 0 Å². The lowest BCUT2D eigenvalue weighted by molar-refractivity contribution is 0.397. The summed E-state index contributed by atoms with van der Waals surface area (Å²) < 4.78 is 5.01. The number of aryl methyl sites for hydroxylation is 1. The van der Waals surface area contributed by atoms with Gasteiger partial charge >= 0.3 is 0 Å². The standard InChI is InChI=1S/C9H9N3OS/c1-6-4-14-9(12-6)7-3-8(13-2)11-5-10-7/h3-5H,1-2H3. The molecule has 0 aliphatic rings. The van der Waals surface area contributed by atoms with Crippen LogP contribution in [0.4, 0.5) is 0 Å². The molecule has 2 rings (SSSR count). The van der Waals surface area contributed by atoms with Crippen LogP contribution in [0, 0.1) is 6.92 Å². The summed E-state index contributed by atoms with van der Waals surface area (Å²) in [4.78, 5) is 12.4. The molecular formula is C9H9N3OS. The molecule has 2 aromatic heterocycles. The van der Waals surface area contributed by atoms with Gasteiger partial charge in [-0.05, 0) is 6.92 Å². The molecule has 0 spiro atoms. The molecule has 0 saturated carbocycles. The Balaban J connectivity index is 2.41. The number of hydrogen-bond donors (Lipinski definition) is 0. The second-order valence-electron chi connectivity index (χ2n) is 2.74. The van der Waals surface area contributed by atoms with Gasteiger partial charge in [0.1, 0.15) is 17.0 Å². The van der Waals surface area contributed by atoms with Gasteiger partial charge in [-0.3, -0.25) is 0 Å². The number of methoxy groups -OCH3 is 1. The first kappa shape index (κ1) is 9.08. The summed E-state index contributed by atoms with van der Waals surface area (Å²) in [5, 5.41) is 2.88. The topological polar surface area (TPSA) is 47.9 Å². The Kier molecular flexibility index (Phi) is 2.41. The average molecular weight is 207 g/mol. The maximum Gasteiger partial charge on any atom is 0.216 e. The highest BCUT2D eigenvalue weighted by atomic mass is 32.1. The lowest BCUT2D eigenvalue weighted by Crippen LogP contribution is -1.90. The van der Waals surface area contributed by atoms with Crippen molar-refractivity contribution in [3.05, 3.63) is 23.5 Å². The van der Waals surface area contributed by atoms with Gasteiger partial charge in [0.05, 0.1) is 7.11 Å². The molecule has 0 amide bonds. The van der Waals surface area contributed by atoms with Crippen LogP contribution in [0.1, 0.15) is 5.69 Å². The lowest BCUT2D eigenvalue weighted by atomic mass is 10.4. The fourth-order valence-corrected chi connectivity index (χ4v) is 1.80. The van der Waals surface area contributed by atoms with Crippen LogP contribution >= 0.6 is 11.3 Å². The Morgan fingerprint density at radius 2 is 2.21 bits per heavy atom. The van der Waals surface area contributed by atoms with E-state index < -0.39 is 0 Å². The summed E-state index contributed by atoms with van der Waals surface area (Å²) in [5.74, 6) is 0.558. The highest BCUT2D eigenvalue weighted by molar-refractivity contribution is 7.13. The molecular weight excluding hydrogens is 198 g/mol. The zero-order valence-electron chi connectivity index (χ0n) is 7.89. The largest absolute Gasteiger partial charge is 0.481 e. The van der Waals surface area contributed by atoms with Crippen molar-refractivity contribution >= 4 is 11.3 Å². The Morgan fingerprint density at radius 1 is 1.36 bits per heavy atom. The van der Waals surface area contributed by atoms with Crippen molar-refractivity contribution in [2.45, 2.75) is 6.92 Å². The smallest absolute Gasteiger partial charge is 0.216 e. The summed E-state index contributed by atoms with van der Waals surface area (Å²) in [6.45, 7) is 1.96. The molecule has 0 fully saturated rings. The lowest BCUT2D eigenvalue weighted by Gasteiger charge is -1.98. The van der Waals surface area contributed by atoms with Crippen molar-refractivity contribution < 1.29 is 4.74 Å². The summed E-state index contributed by atoms with van der Waals surface area (Å²) in [5.41, 5.74) is 1.80. The zero-order valence-corrected chi connectivity index (χ0v) is 8.71. The van der Waals surface area contributed by atoms with Gasteiger partial charge in [-0.2, -0.15) is 0 Å². The van der Waals surface area contributed by atoms with Crippen LogP contribution in [0.3, 0.4) is 0 Å². The highest BCUT2D eigenvalue weighted by Crippen LogP contribution is 2.22. The van der Waals surface area contributed by atoms with Gasteiger partial charge in [0.25, 0.3) is 0 Å². The van der Waals surface area contributed by atoms with Crippen molar-refractivity contribution in [1.29, 1.82) is 0 Å². The van der Waals surface area contributed by atoms with E-state index in [1.807, 2.05) is 12.3 Å². The van der Waals surface area contributed by atoms with E-state index in [4.69, 9.17) is 4.74 Å². The molecule has 72 valence electrons. The molecule has 0 aliphatic heterocycles. The Morgan fingerprint density at radius 3 is 2.86 bits per heavy atom. The molecule has 0 radical (unpaired) electrons. The van der Waals surface area contributed by atoms with Gasteiger partial charge in [0.15, 0.2) is 0 Å². The van der Waals surface area contributed by atoms with E-state index in [9.17, 15) is 0 Å². The fraction of sp³-hybridized carbons (Fsp3) is 0.222. The maximum atomic E-state index is 5.01. The molecule has 0 unspecified atom stereocenters. The number of thiazole rings is 1. The predicted octanol–water partition coefficient (Wildman–Crippen LogP) is 1.92. The minimum Gasteiger partial charge on any atom is -0.481 e. The predicted molar refractivity (Wildman–Crippen MR) is 54.4 cm³/mol. The van der Waals surface area contributed by atoms with Crippen LogP contribution in [-0.4, -0.2) is 22.1 Å². The van der Waals surface area contributed by atoms with E-state index in [1.165, 1.54) is 6.33 Å². The van der Waals surface area contributed by atoms with Crippen molar-refractivity contribution in [3.63, 3.8) is 0 Å². The zero-order chi connectivity index (χ0) is 9.97. The summed E-state index contributed by atoms with van der Waals surface area (Å²) in [7, 11) is 1.58. The third-order valence-corrected chi connectivity index (χ3v) is 2.67. The average Bonchev–Trinajstić information content (AvgIpc) is 2.65. The second-order valence-corrected chi connectivity index (χ2v) is 3.60. The molecule has 0 aromatic carbocycles. The van der Waals surface area contributed by atoms with Crippen LogP contribution in [0.2, 0.25) is 0 Å². The SMILES string of the molecule is COc1cc(-c2nc(C)cs2)ncn1. The van der Waals surface area contributed by atoms with Gasteiger partial charge in [-0.25, -0.2) is 15.0 Å². The van der Waals surface area contributed by atoms with E-state index in [2.05, 4.69) is 15.0 Å². The molecule has 2 heterocycles. The van der Waals surface area contributed by atoms with E-state index in [1.54, 1.807) is 24.5 Å². The number of hydrogen-bond acceptors (Lipinski definition) is 5. The Labute approximate surface area is 85.6 Å². The monoisotopic (exact) mass is 207 g/mol. The molecule has 0 bridgehead atoms. The molecule has 0 aliphatic carbocycles. The first-order valence-electron chi connectivity index (χ1n) is 4.08. The highest BCUT2D eigenvalue weighted by Gasteiger charge is 2.05. The van der Waals surface area contributed by atoms with E-state index >= 15 is 0 Å². The van der Waals surface area contributed by atoms with Crippen molar-refractivity contribution in [2.24, 2.45) is 0 Å². The first-order chi connectivity index (χ1) is 6.79. The summed E-state index contributed by atoms with van der Waals surface area (Å²) >= 11 is 1.56. The molecule has 14 heavy (non-hydrogen) atoms. The van der Waals surface area contributed by atoms with Gasteiger partial charge in [0, 0.05) is 17.1 Å². The fourth-order valence-electron chi connectivity index (χ4n) is 1.04. The Bertz CT molecular complexity index is 441. The van der Waals surface area contributed by atoms with Gasteiger partial charge in [0.2, 0.25) is 5.88 Å². The van der Waals surface area contributed by atoms with Crippen molar-refractivity contribution in [2.75, 3.05) is 7.11 Å².